The molecule has 0 heterocycles. The van der Waals surface area contributed by atoms with Crippen molar-refractivity contribution in [3.8, 4) is 11.5 Å². The molecule has 3 aromatic rings. The number of anilines is 1. The summed E-state index contributed by atoms with van der Waals surface area (Å²) in [6, 6.07) is 16.3. The van der Waals surface area contributed by atoms with Crippen LogP contribution in [0.1, 0.15) is 34.0 Å². The monoisotopic (exact) mass is 459 g/mol. The Morgan fingerprint density at radius 3 is 2.42 bits per heavy atom. The van der Waals surface area contributed by atoms with E-state index in [-0.39, 0.29) is 10.6 Å². The molecule has 0 unspecified atom stereocenters. The van der Waals surface area contributed by atoms with Crippen LogP contribution in [0.5, 0.6) is 11.5 Å². The fraction of sp³-hybridized carbons (Fsp3) is 0.208. The highest BCUT2D eigenvalue weighted by molar-refractivity contribution is 6.33. The molecule has 31 heavy (non-hydrogen) atoms. The molecular formula is C24H23Cl2NO4. The lowest BCUT2D eigenvalue weighted by atomic mass is 10.1. The topological polar surface area (TPSA) is 67.8 Å². The lowest BCUT2D eigenvalue weighted by Crippen LogP contribution is -2.05. The highest BCUT2D eigenvalue weighted by atomic mass is 35.5. The molecule has 0 aliphatic carbocycles. The van der Waals surface area contributed by atoms with Crippen LogP contribution in [0.15, 0.2) is 54.6 Å². The number of carboxylic acid groups (broad SMARTS) is 1. The standard InChI is InChI=1S/C24H23Cl2NO4/c1-3-30-22-10-17(13-27-18-8-9-20(25)19(11-18)24(28)29)21(26)12-23(22)31-14-16-7-5-4-6-15(16)2/h4-12,27H,3,13-14H2,1-2H3,(H,28,29). The molecule has 0 radical (unpaired) electrons. The van der Waals surface area contributed by atoms with Gasteiger partial charge in [-0.1, -0.05) is 47.5 Å². The normalized spacial score (nSPS) is 10.6. The van der Waals surface area contributed by atoms with Crippen LogP contribution in [-0.2, 0) is 13.2 Å². The molecule has 0 saturated carbocycles. The number of ether oxygens (including phenoxy) is 2. The summed E-state index contributed by atoms with van der Waals surface area (Å²) < 4.78 is 11.8. The third kappa shape index (κ3) is 5.84. The number of nitrogens with one attached hydrogen (secondary N) is 1. The zero-order valence-electron chi connectivity index (χ0n) is 17.2. The Bertz CT molecular complexity index is 1090. The van der Waals surface area contributed by atoms with Crippen molar-refractivity contribution in [2.24, 2.45) is 0 Å². The molecule has 0 saturated heterocycles. The Hall–Kier alpha value is -2.89. The minimum absolute atomic E-state index is 0.0349. The Balaban J connectivity index is 1.77. The van der Waals surface area contributed by atoms with E-state index in [1.54, 1.807) is 18.2 Å². The summed E-state index contributed by atoms with van der Waals surface area (Å²) in [5.41, 5.74) is 3.68. The van der Waals surface area contributed by atoms with E-state index in [4.69, 9.17) is 32.7 Å². The van der Waals surface area contributed by atoms with Gasteiger partial charge in [-0.15, -0.1) is 0 Å². The fourth-order valence-electron chi connectivity index (χ4n) is 3.02. The zero-order valence-corrected chi connectivity index (χ0v) is 18.8. The van der Waals surface area contributed by atoms with Crippen molar-refractivity contribution in [3.63, 3.8) is 0 Å². The van der Waals surface area contributed by atoms with Crippen molar-refractivity contribution in [2.75, 3.05) is 11.9 Å². The van der Waals surface area contributed by atoms with Crippen LogP contribution in [0.25, 0.3) is 0 Å². The molecule has 0 bridgehead atoms. The first kappa shape index (κ1) is 22.8. The maximum Gasteiger partial charge on any atom is 0.337 e. The molecule has 0 fully saturated rings. The van der Waals surface area contributed by atoms with E-state index in [0.717, 1.165) is 16.7 Å². The van der Waals surface area contributed by atoms with E-state index in [1.165, 1.54) is 6.07 Å². The number of halogens is 2. The van der Waals surface area contributed by atoms with Crippen LogP contribution >= 0.6 is 23.2 Å². The summed E-state index contributed by atoms with van der Waals surface area (Å²) in [4.78, 5) is 11.3. The van der Waals surface area contributed by atoms with Gasteiger partial charge in [0.25, 0.3) is 0 Å². The van der Waals surface area contributed by atoms with E-state index in [2.05, 4.69) is 5.32 Å². The molecule has 0 atom stereocenters. The fourth-order valence-corrected chi connectivity index (χ4v) is 3.44. The summed E-state index contributed by atoms with van der Waals surface area (Å²) in [5, 5.41) is 13.1. The van der Waals surface area contributed by atoms with Crippen LogP contribution < -0.4 is 14.8 Å². The summed E-state index contributed by atoms with van der Waals surface area (Å²) in [5.74, 6) is 0.0820. The van der Waals surface area contributed by atoms with Crippen molar-refractivity contribution in [3.05, 3.63) is 86.9 Å². The van der Waals surface area contributed by atoms with Gasteiger partial charge in [-0.2, -0.15) is 0 Å². The third-order valence-corrected chi connectivity index (χ3v) is 5.42. The minimum atomic E-state index is -1.08. The first-order chi connectivity index (χ1) is 14.9. The predicted octanol–water partition coefficient (Wildman–Crippen LogP) is 6.59. The maximum absolute atomic E-state index is 11.3. The minimum Gasteiger partial charge on any atom is -0.490 e. The number of carbonyl (C=O) groups is 1. The average Bonchev–Trinajstić information content (AvgIpc) is 2.74. The van der Waals surface area contributed by atoms with Gasteiger partial charge in [0.15, 0.2) is 11.5 Å². The van der Waals surface area contributed by atoms with E-state index in [0.29, 0.717) is 42.0 Å². The number of carboxylic acids is 1. The van der Waals surface area contributed by atoms with Crippen molar-refractivity contribution in [1.29, 1.82) is 0 Å². The molecule has 0 aromatic heterocycles. The summed E-state index contributed by atoms with van der Waals surface area (Å²) in [6.07, 6.45) is 0. The quantitative estimate of drug-likeness (QED) is 0.377. The first-order valence-corrected chi connectivity index (χ1v) is 10.5. The SMILES string of the molecule is CCOc1cc(CNc2ccc(Cl)c(C(=O)O)c2)c(Cl)cc1OCc1ccccc1C. The second-order valence-corrected chi connectivity index (χ2v) is 7.71. The largest absolute Gasteiger partial charge is 0.490 e. The summed E-state index contributed by atoms with van der Waals surface area (Å²) >= 11 is 12.4. The smallest absolute Gasteiger partial charge is 0.337 e. The molecule has 0 aliphatic heterocycles. The van der Waals surface area contributed by atoms with E-state index >= 15 is 0 Å². The molecular weight excluding hydrogens is 437 g/mol. The van der Waals surface area contributed by atoms with Gasteiger partial charge in [-0.25, -0.2) is 4.79 Å². The van der Waals surface area contributed by atoms with Crippen molar-refractivity contribution < 1.29 is 19.4 Å². The van der Waals surface area contributed by atoms with Crippen molar-refractivity contribution in [2.45, 2.75) is 27.0 Å². The van der Waals surface area contributed by atoms with Crippen LogP contribution in [0.3, 0.4) is 0 Å². The van der Waals surface area contributed by atoms with Gasteiger partial charge in [0.1, 0.15) is 6.61 Å². The molecule has 0 aliphatic rings. The Kier molecular flexibility index (Phi) is 7.66. The van der Waals surface area contributed by atoms with Gasteiger partial charge in [0.2, 0.25) is 0 Å². The third-order valence-electron chi connectivity index (χ3n) is 4.74. The molecule has 3 aromatic carbocycles. The number of benzene rings is 3. The van der Waals surface area contributed by atoms with Crippen molar-refractivity contribution in [1.82, 2.24) is 0 Å². The van der Waals surface area contributed by atoms with E-state index < -0.39 is 5.97 Å². The number of hydrogen-bond acceptors (Lipinski definition) is 4. The molecule has 5 nitrogen and oxygen atoms in total. The van der Waals surface area contributed by atoms with Crippen LogP contribution in [0.2, 0.25) is 10.0 Å². The van der Waals surface area contributed by atoms with Gasteiger partial charge >= 0.3 is 5.97 Å². The number of aryl methyl sites for hydroxylation is 1. The second kappa shape index (κ2) is 10.4. The molecule has 162 valence electrons. The van der Waals surface area contributed by atoms with Crippen molar-refractivity contribution >= 4 is 34.9 Å². The van der Waals surface area contributed by atoms with Gasteiger partial charge in [0.05, 0.1) is 17.2 Å². The molecule has 3 rings (SSSR count). The molecule has 0 spiro atoms. The van der Waals surface area contributed by atoms with Gasteiger partial charge in [-0.05, 0) is 54.8 Å². The average molecular weight is 460 g/mol. The Morgan fingerprint density at radius 2 is 1.71 bits per heavy atom. The van der Waals surface area contributed by atoms with Crippen LogP contribution in [-0.4, -0.2) is 17.7 Å². The maximum atomic E-state index is 11.3. The number of hydrogen-bond donors (Lipinski definition) is 2. The number of aromatic carboxylic acids is 1. The molecule has 0 amide bonds. The van der Waals surface area contributed by atoms with Crippen LogP contribution in [0.4, 0.5) is 5.69 Å². The van der Waals surface area contributed by atoms with E-state index in [1.807, 2.05) is 44.2 Å². The van der Waals surface area contributed by atoms with Gasteiger partial charge in [0, 0.05) is 23.3 Å². The van der Waals surface area contributed by atoms with Crippen LogP contribution in [0, 0.1) is 6.92 Å². The highest BCUT2D eigenvalue weighted by Gasteiger charge is 2.13. The molecule has 7 heteroatoms. The predicted molar refractivity (Wildman–Crippen MR) is 124 cm³/mol. The second-order valence-electron chi connectivity index (χ2n) is 6.89. The molecule has 2 N–H and O–H groups in total. The number of rotatable bonds is 9. The van der Waals surface area contributed by atoms with Gasteiger partial charge < -0.3 is 19.9 Å². The first-order valence-electron chi connectivity index (χ1n) is 9.78. The van der Waals surface area contributed by atoms with E-state index in [9.17, 15) is 9.90 Å². The highest BCUT2D eigenvalue weighted by Crippen LogP contribution is 2.35. The summed E-state index contributed by atoms with van der Waals surface area (Å²) in [7, 11) is 0. The van der Waals surface area contributed by atoms with Gasteiger partial charge in [-0.3, -0.25) is 0 Å². The lowest BCUT2D eigenvalue weighted by Gasteiger charge is -2.16. The lowest BCUT2D eigenvalue weighted by molar-refractivity contribution is 0.0697. The Morgan fingerprint density at radius 1 is 0.968 bits per heavy atom. The zero-order chi connectivity index (χ0) is 22.4. The Labute approximate surface area is 191 Å². The summed E-state index contributed by atoms with van der Waals surface area (Å²) in [6.45, 7) is 5.20.